The molecule has 0 saturated carbocycles. The van der Waals surface area contributed by atoms with Crippen LogP contribution < -0.4 is 5.32 Å². The fourth-order valence-electron chi connectivity index (χ4n) is 1.73. The second-order valence-electron chi connectivity index (χ2n) is 5.29. The number of ether oxygens (including phenoxy) is 2. The Bertz CT molecular complexity index is 217. The molecule has 0 aromatic rings. The molecule has 16 heavy (non-hydrogen) atoms. The molecule has 0 spiro atoms. The van der Waals surface area contributed by atoms with Crippen molar-refractivity contribution in [2.75, 3.05) is 26.3 Å². The predicted molar refractivity (Wildman–Crippen MR) is 62.3 cm³/mol. The number of hydrogen-bond donors (Lipinski definition) is 1. The standard InChI is InChI=1S/C12H23NO3/c1-12(2,3)16-11(14)9-15-8-10-4-6-13-7-5-10/h10,13H,4-9H2,1-3H3. The third-order valence-corrected chi connectivity index (χ3v) is 2.45. The van der Waals surface area contributed by atoms with Crippen molar-refractivity contribution in [3.8, 4) is 0 Å². The van der Waals surface area contributed by atoms with Gasteiger partial charge in [0.25, 0.3) is 0 Å². The Morgan fingerprint density at radius 1 is 1.31 bits per heavy atom. The second kappa shape index (κ2) is 6.21. The summed E-state index contributed by atoms with van der Waals surface area (Å²) in [5.74, 6) is 0.310. The number of rotatable bonds is 4. The van der Waals surface area contributed by atoms with E-state index in [1.807, 2.05) is 20.8 Å². The summed E-state index contributed by atoms with van der Waals surface area (Å²) in [6.07, 6.45) is 2.27. The highest BCUT2D eigenvalue weighted by atomic mass is 16.6. The van der Waals surface area contributed by atoms with E-state index in [1.165, 1.54) is 0 Å². The van der Waals surface area contributed by atoms with Gasteiger partial charge in [-0.25, -0.2) is 4.79 Å². The van der Waals surface area contributed by atoms with Crippen LogP contribution in [0.5, 0.6) is 0 Å². The van der Waals surface area contributed by atoms with Gasteiger partial charge in [-0.2, -0.15) is 0 Å². The highest BCUT2D eigenvalue weighted by Gasteiger charge is 2.17. The maximum atomic E-state index is 11.3. The zero-order valence-electron chi connectivity index (χ0n) is 10.5. The zero-order chi connectivity index (χ0) is 12.0. The molecule has 0 aliphatic carbocycles. The summed E-state index contributed by atoms with van der Waals surface area (Å²) in [6.45, 7) is 8.43. The summed E-state index contributed by atoms with van der Waals surface area (Å²) in [7, 11) is 0. The first-order valence-electron chi connectivity index (χ1n) is 5.98. The quantitative estimate of drug-likeness (QED) is 0.739. The number of carbonyl (C=O) groups excluding carboxylic acids is 1. The third kappa shape index (κ3) is 6.08. The fourth-order valence-corrected chi connectivity index (χ4v) is 1.73. The van der Waals surface area contributed by atoms with Crippen molar-refractivity contribution < 1.29 is 14.3 Å². The molecule has 4 heteroatoms. The van der Waals surface area contributed by atoms with Gasteiger partial charge < -0.3 is 14.8 Å². The first kappa shape index (κ1) is 13.5. The Morgan fingerprint density at radius 3 is 2.50 bits per heavy atom. The lowest BCUT2D eigenvalue weighted by Crippen LogP contribution is -2.31. The van der Waals surface area contributed by atoms with Crippen LogP contribution in [0.15, 0.2) is 0 Å². The highest BCUT2D eigenvalue weighted by Crippen LogP contribution is 2.12. The number of carbonyl (C=O) groups is 1. The molecular formula is C12H23NO3. The van der Waals surface area contributed by atoms with Crippen LogP contribution in [0.2, 0.25) is 0 Å². The first-order valence-corrected chi connectivity index (χ1v) is 5.98. The van der Waals surface area contributed by atoms with E-state index >= 15 is 0 Å². The topological polar surface area (TPSA) is 47.6 Å². The van der Waals surface area contributed by atoms with Gasteiger partial charge in [-0.05, 0) is 52.6 Å². The molecule has 4 nitrogen and oxygen atoms in total. The van der Waals surface area contributed by atoms with E-state index in [0.717, 1.165) is 25.9 Å². The summed E-state index contributed by atoms with van der Waals surface area (Å²) in [5.41, 5.74) is -0.421. The van der Waals surface area contributed by atoms with Crippen LogP contribution in [0.25, 0.3) is 0 Å². The molecule has 1 rings (SSSR count). The molecule has 0 aromatic heterocycles. The molecule has 0 radical (unpaired) electrons. The Labute approximate surface area is 97.7 Å². The van der Waals surface area contributed by atoms with E-state index < -0.39 is 5.60 Å². The van der Waals surface area contributed by atoms with Crippen LogP contribution >= 0.6 is 0 Å². The van der Waals surface area contributed by atoms with Gasteiger partial charge in [0.05, 0.1) is 6.61 Å². The summed E-state index contributed by atoms with van der Waals surface area (Å²) in [6, 6.07) is 0. The molecule has 0 aromatic carbocycles. The van der Waals surface area contributed by atoms with E-state index in [1.54, 1.807) is 0 Å². The lowest BCUT2D eigenvalue weighted by Gasteiger charge is -2.23. The normalized spacial score (nSPS) is 18.4. The van der Waals surface area contributed by atoms with E-state index in [0.29, 0.717) is 12.5 Å². The molecule has 0 unspecified atom stereocenters. The summed E-state index contributed by atoms with van der Waals surface area (Å²) >= 11 is 0. The molecule has 0 amide bonds. The Hall–Kier alpha value is -0.610. The fraction of sp³-hybridized carbons (Fsp3) is 0.917. The molecule has 1 saturated heterocycles. The summed E-state index contributed by atoms with van der Waals surface area (Å²) < 4.78 is 10.5. The van der Waals surface area contributed by atoms with Gasteiger partial charge in [-0.3, -0.25) is 0 Å². The highest BCUT2D eigenvalue weighted by molar-refractivity contribution is 5.71. The lowest BCUT2D eigenvalue weighted by molar-refractivity contribution is -0.160. The van der Waals surface area contributed by atoms with E-state index in [4.69, 9.17) is 9.47 Å². The minimum Gasteiger partial charge on any atom is -0.458 e. The number of piperidine rings is 1. The molecule has 1 N–H and O–H groups in total. The zero-order valence-corrected chi connectivity index (χ0v) is 10.5. The summed E-state index contributed by atoms with van der Waals surface area (Å²) in [5, 5.41) is 3.30. The minimum absolute atomic E-state index is 0.0706. The molecule has 1 aliphatic rings. The predicted octanol–water partition coefficient (Wildman–Crippen LogP) is 1.34. The van der Waals surface area contributed by atoms with E-state index in [9.17, 15) is 4.79 Å². The van der Waals surface area contributed by atoms with Gasteiger partial charge in [0.1, 0.15) is 12.2 Å². The van der Waals surface area contributed by atoms with Crippen LogP contribution in [0, 0.1) is 5.92 Å². The van der Waals surface area contributed by atoms with Crippen LogP contribution in [-0.2, 0) is 14.3 Å². The van der Waals surface area contributed by atoms with Crippen molar-refractivity contribution in [3.05, 3.63) is 0 Å². The average molecular weight is 229 g/mol. The summed E-state index contributed by atoms with van der Waals surface area (Å²) in [4.78, 5) is 11.3. The Balaban J connectivity index is 2.08. The monoisotopic (exact) mass is 229 g/mol. The molecule has 1 aliphatic heterocycles. The molecule has 1 heterocycles. The molecule has 1 fully saturated rings. The van der Waals surface area contributed by atoms with Crippen LogP contribution in [0.4, 0.5) is 0 Å². The SMILES string of the molecule is CC(C)(C)OC(=O)COCC1CCNCC1. The van der Waals surface area contributed by atoms with Crippen molar-refractivity contribution in [1.82, 2.24) is 5.32 Å². The van der Waals surface area contributed by atoms with Gasteiger partial charge in [0.2, 0.25) is 0 Å². The van der Waals surface area contributed by atoms with Crippen molar-refractivity contribution in [2.45, 2.75) is 39.2 Å². The molecule has 94 valence electrons. The van der Waals surface area contributed by atoms with Crippen molar-refractivity contribution in [3.63, 3.8) is 0 Å². The van der Waals surface area contributed by atoms with Gasteiger partial charge in [-0.1, -0.05) is 0 Å². The number of hydrogen-bond acceptors (Lipinski definition) is 4. The third-order valence-electron chi connectivity index (χ3n) is 2.45. The average Bonchev–Trinajstić information content (AvgIpc) is 2.16. The molecule has 0 bridgehead atoms. The Morgan fingerprint density at radius 2 is 1.94 bits per heavy atom. The van der Waals surface area contributed by atoms with Crippen LogP contribution in [0.3, 0.4) is 0 Å². The smallest absolute Gasteiger partial charge is 0.332 e. The number of nitrogens with one attached hydrogen (secondary N) is 1. The maximum absolute atomic E-state index is 11.3. The van der Waals surface area contributed by atoms with Crippen LogP contribution in [-0.4, -0.2) is 37.9 Å². The lowest BCUT2D eigenvalue weighted by atomic mass is 9.99. The van der Waals surface area contributed by atoms with Gasteiger partial charge >= 0.3 is 5.97 Å². The van der Waals surface area contributed by atoms with Gasteiger partial charge in [0, 0.05) is 0 Å². The van der Waals surface area contributed by atoms with Gasteiger partial charge in [-0.15, -0.1) is 0 Å². The van der Waals surface area contributed by atoms with Gasteiger partial charge in [0.15, 0.2) is 0 Å². The first-order chi connectivity index (χ1) is 7.47. The largest absolute Gasteiger partial charge is 0.458 e. The van der Waals surface area contributed by atoms with Crippen molar-refractivity contribution in [1.29, 1.82) is 0 Å². The minimum atomic E-state index is -0.421. The van der Waals surface area contributed by atoms with Crippen molar-refractivity contribution in [2.24, 2.45) is 5.92 Å². The second-order valence-corrected chi connectivity index (χ2v) is 5.29. The van der Waals surface area contributed by atoms with Crippen molar-refractivity contribution >= 4 is 5.97 Å². The van der Waals surface area contributed by atoms with E-state index in [-0.39, 0.29) is 12.6 Å². The Kier molecular flexibility index (Phi) is 5.22. The van der Waals surface area contributed by atoms with Crippen LogP contribution in [0.1, 0.15) is 33.6 Å². The molecular weight excluding hydrogens is 206 g/mol. The van der Waals surface area contributed by atoms with E-state index in [2.05, 4.69) is 5.32 Å². The molecule has 0 atom stereocenters. The number of esters is 1. The maximum Gasteiger partial charge on any atom is 0.332 e.